The lowest BCUT2D eigenvalue weighted by Crippen LogP contribution is -2.13. The molecule has 0 amide bonds. The van der Waals surface area contributed by atoms with Gasteiger partial charge in [0.1, 0.15) is 5.78 Å². The van der Waals surface area contributed by atoms with Gasteiger partial charge in [0.2, 0.25) is 0 Å². The van der Waals surface area contributed by atoms with Gasteiger partial charge in [-0.3, -0.25) is 4.79 Å². The predicted octanol–water partition coefficient (Wildman–Crippen LogP) is 3.90. The molecule has 2 rings (SSSR count). The van der Waals surface area contributed by atoms with Gasteiger partial charge >= 0.3 is 0 Å². The normalized spacial score (nSPS) is 12.3. The minimum Gasteiger partial charge on any atom is -0.324 e. The molecule has 0 fully saturated rings. The molecule has 20 heavy (non-hydrogen) atoms. The Balaban J connectivity index is 1.80. The molecule has 0 radical (unpaired) electrons. The number of thiophene rings is 1. The first kappa shape index (κ1) is 14.9. The molecule has 1 aromatic carbocycles. The molecule has 0 bridgehead atoms. The van der Waals surface area contributed by atoms with Crippen LogP contribution in [0.25, 0.3) is 0 Å². The second-order valence-corrected chi connectivity index (χ2v) is 6.25. The molecular weight excluding hydrogens is 266 g/mol. The Kier molecular flexibility index (Phi) is 5.50. The van der Waals surface area contributed by atoms with E-state index in [1.165, 1.54) is 9.75 Å². The molecule has 2 aromatic rings. The summed E-state index contributed by atoms with van der Waals surface area (Å²) in [5, 5.41) is 0. The standard InChI is InChI=1S/C17H21NOS/c1-2-15-9-10-16(20-15)12-14(19)8-11-17(18)13-6-4-3-5-7-13/h3-7,9-10,17H,2,8,11-12,18H2,1H3. The molecular formula is C17H21NOS. The van der Waals surface area contributed by atoms with Crippen LogP contribution < -0.4 is 5.73 Å². The molecule has 1 aromatic heterocycles. The summed E-state index contributed by atoms with van der Waals surface area (Å²) in [4.78, 5) is 14.5. The number of aryl methyl sites for hydroxylation is 1. The smallest absolute Gasteiger partial charge is 0.138 e. The van der Waals surface area contributed by atoms with E-state index in [4.69, 9.17) is 5.73 Å². The van der Waals surface area contributed by atoms with Crippen LogP contribution in [0.1, 0.15) is 41.1 Å². The lowest BCUT2D eigenvalue weighted by molar-refractivity contribution is -0.118. The van der Waals surface area contributed by atoms with Crippen LogP contribution in [0.2, 0.25) is 0 Å². The summed E-state index contributed by atoms with van der Waals surface area (Å²) < 4.78 is 0. The Morgan fingerprint density at radius 3 is 2.50 bits per heavy atom. The quantitative estimate of drug-likeness (QED) is 0.839. The van der Waals surface area contributed by atoms with Crippen LogP contribution in [-0.4, -0.2) is 5.78 Å². The highest BCUT2D eigenvalue weighted by atomic mass is 32.1. The van der Waals surface area contributed by atoms with Crippen LogP contribution in [-0.2, 0) is 17.6 Å². The summed E-state index contributed by atoms with van der Waals surface area (Å²) in [5.41, 5.74) is 7.21. The molecule has 0 spiro atoms. The van der Waals surface area contributed by atoms with Crippen molar-refractivity contribution in [1.29, 1.82) is 0 Å². The molecule has 1 unspecified atom stereocenters. The summed E-state index contributed by atoms with van der Waals surface area (Å²) in [6.45, 7) is 2.14. The summed E-state index contributed by atoms with van der Waals surface area (Å²) >= 11 is 1.74. The van der Waals surface area contributed by atoms with E-state index in [9.17, 15) is 4.79 Å². The summed E-state index contributed by atoms with van der Waals surface area (Å²) in [6, 6.07) is 14.1. The van der Waals surface area contributed by atoms with E-state index in [-0.39, 0.29) is 11.8 Å². The lowest BCUT2D eigenvalue weighted by Gasteiger charge is -2.10. The van der Waals surface area contributed by atoms with Crippen molar-refractivity contribution < 1.29 is 4.79 Å². The van der Waals surface area contributed by atoms with Gasteiger partial charge in [0, 0.05) is 28.6 Å². The van der Waals surface area contributed by atoms with Gasteiger partial charge < -0.3 is 5.73 Å². The SMILES string of the molecule is CCc1ccc(CC(=O)CCC(N)c2ccccc2)s1. The largest absolute Gasteiger partial charge is 0.324 e. The van der Waals surface area contributed by atoms with E-state index in [2.05, 4.69) is 19.1 Å². The van der Waals surface area contributed by atoms with Gasteiger partial charge in [0.25, 0.3) is 0 Å². The van der Waals surface area contributed by atoms with Crippen LogP contribution in [0.15, 0.2) is 42.5 Å². The van der Waals surface area contributed by atoms with Crippen LogP contribution >= 0.6 is 11.3 Å². The molecule has 0 aliphatic heterocycles. The predicted molar refractivity (Wildman–Crippen MR) is 85.0 cm³/mol. The second-order valence-electron chi connectivity index (χ2n) is 4.99. The fourth-order valence-electron chi connectivity index (χ4n) is 2.17. The van der Waals surface area contributed by atoms with Gasteiger partial charge in [0.15, 0.2) is 0 Å². The Bertz CT molecular complexity index is 547. The highest BCUT2D eigenvalue weighted by molar-refractivity contribution is 7.12. The number of ketones is 1. The lowest BCUT2D eigenvalue weighted by atomic mass is 10.0. The topological polar surface area (TPSA) is 43.1 Å². The van der Waals surface area contributed by atoms with Crippen molar-refractivity contribution in [1.82, 2.24) is 0 Å². The molecule has 1 heterocycles. The Morgan fingerprint density at radius 1 is 1.15 bits per heavy atom. The molecule has 0 aliphatic rings. The summed E-state index contributed by atoms with van der Waals surface area (Å²) in [7, 11) is 0. The third-order valence-corrected chi connectivity index (χ3v) is 4.63. The fourth-order valence-corrected chi connectivity index (χ4v) is 3.16. The maximum absolute atomic E-state index is 12.0. The van der Waals surface area contributed by atoms with Gasteiger partial charge in [0.05, 0.1) is 0 Å². The molecule has 3 heteroatoms. The first-order valence-electron chi connectivity index (χ1n) is 7.09. The van der Waals surface area contributed by atoms with Gasteiger partial charge in [-0.2, -0.15) is 0 Å². The molecule has 0 saturated heterocycles. The third-order valence-electron chi connectivity index (χ3n) is 3.40. The zero-order valence-electron chi connectivity index (χ0n) is 11.8. The molecule has 106 valence electrons. The number of benzene rings is 1. The van der Waals surface area contributed by atoms with E-state index in [0.717, 1.165) is 18.4 Å². The Hall–Kier alpha value is -1.45. The Labute approximate surface area is 124 Å². The third kappa shape index (κ3) is 4.29. The number of hydrogen-bond donors (Lipinski definition) is 1. The monoisotopic (exact) mass is 287 g/mol. The Morgan fingerprint density at radius 2 is 1.85 bits per heavy atom. The number of nitrogens with two attached hydrogens (primary N) is 1. The number of carbonyl (C=O) groups is 1. The van der Waals surface area contributed by atoms with Crippen LogP contribution in [0.5, 0.6) is 0 Å². The molecule has 2 N–H and O–H groups in total. The highest BCUT2D eigenvalue weighted by Gasteiger charge is 2.10. The van der Waals surface area contributed by atoms with E-state index in [1.807, 2.05) is 30.3 Å². The van der Waals surface area contributed by atoms with Crippen molar-refractivity contribution in [3.8, 4) is 0 Å². The summed E-state index contributed by atoms with van der Waals surface area (Å²) in [6.07, 6.45) is 2.86. The van der Waals surface area contributed by atoms with E-state index in [0.29, 0.717) is 12.8 Å². The van der Waals surface area contributed by atoms with Gasteiger partial charge in [-0.1, -0.05) is 37.3 Å². The number of Topliss-reactive ketones (excluding diaryl/α,β-unsaturated/α-hetero) is 1. The van der Waals surface area contributed by atoms with Crippen LogP contribution in [0.4, 0.5) is 0 Å². The van der Waals surface area contributed by atoms with Crippen molar-refractivity contribution in [3.63, 3.8) is 0 Å². The average Bonchev–Trinajstić information content (AvgIpc) is 2.93. The number of carbonyl (C=O) groups excluding carboxylic acids is 1. The first-order valence-corrected chi connectivity index (χ1v) is 7.90. The van der Waals surface area contributed by atoms with Crippen molar-refractivity contribution >= 4 is 17.1 Å². The number of hydrogen-bond acceptors (Lipinski definition) is 3. The van der Waals surface area contributed by atoms with Crippen molar-refractivity contribution in [2.45, 2.75) is 38.6 Å². The molecule has 0 saturated carbocycles. The van der Waals surface area contributed by atoms with E-state index in [1.54, 1.807) is 11.3 Å². The molecule has 0 aliphatic carbocycles. The zero-order valence-corrected chi connectivity index (χ0v) is 12.7. The average molecular weight is 287 g/mol. The first-order chi connectivity index (χ1) is 9.69. The maximum atomic E-state index is 12.0. The maximum Gasteiger partial charge on any atom is 0.138 e. The number of rotatable bonds is 7. The van der Waals surface area contributed by atoms with Gasteiger partial charge in [-0.25, -0.2) is 0 Å². The van der Waals surface area contributed by atoms with Crippen molar-refractivity contribution in [2.75, 3.05) is 0 Å². The fraction of sp³-hybridized carbons (Fsp3) is 0.353. The molecule has 2 nitrogen and oxygen atoms in total. The van der Waals surface area contributed by atoms with Crippen molar-refractivity contribution in [2.24, 2.45) is 5.73 Å². The van der Waals surface area contributed by atoms with E-state index < -0.39 is 0 Å². The highest BCUT2D eigenvalue weighted by Crippen LogP contribution is 2.20. The van der Waals surface area contributed by atoms with Gasteiger partial charge in [-0.15, -0.1) is 11.3 Å². The minimum absolute atomic E-state index is 0.0466. The molecule has 1 atom stereocenters. The van der Waals surface area contributed by atoms with E-state index >= 15 is 0 Å². The van der Waals surface area contributed by atoms with Crippen molar-refractivity contribution in [3.05, 3.63) is 57.8 Å². The zero-order chi connectivity index (χ0) is 14.4. The minimum atomic E-state index is -0.0466. The van der Waals surface area contributed by atoms with Crippen LogP contribution in [0.3, 0.4) is 0 Å². The van der Waals surface area contributed by atoms with Crippen LogP contribution in [0, 0.1) is 0 Å². The second kappa shape index (κ2) is 7.36. The van der Waals surface area contributed by atoms with Gasteiger partial charge in [-0.05, 0) is 30.5 Å². The summed E-state index contributed by atoms with van der Waals surface area (Å²) in [5.74, 6) is 0.279.